The molecule has 0 fully saturated rings. The smallest absolute Gasteiger partial charge is 0.270 e. The van der Waals surface area contributed by atoms with Crippen molar-refractivity contribution in [3.63, 3.8) is 0 Å². The van der Waals surface area contributed by atoms with Crippen molar-refractivity contribution in [2.75, 3.05) is 5.75 Å². The molecule has 170 valence electrons. The van der Waals surface area contributed by atoms with Crippen LogP contribution in [0.1, 0.15) is 10.4 Å². The van der Waals surface area contributed by atoms with Gasteiger partial charge in [-0.1, -0.05) is 36.0 Å². The van der Waals surface area contributed by atoms with E-state index in [-0.39, 0.29) is 22.8 Å². The van der Waals surface area contributed by atoms with Crippen molar-refractivity contribution in [2.45, 2.75) is 5.16 Å². The number of nitrogens with one attached hydrogen (secondary N) is 1. The normalized spacial score (nSPS) is 10.6. The Kier molecular flexibility index (Phi) is 6.74. The molecule has 0 spiro atoms. The third kappa shape index (κ3) is 5.15. The van der Waals surface area contributed by atoms with Crippen LogP contribution in [-0.2, 0) is 4.79 Å². The number of nitrogens with zero attached hydrogens (tertiary/aromatic N) is 4. The molecule has 1 N–H and O–H groups in total. The van der Waals surface area contributed by atoms with E-state index < -0.39 is 16.7 Å². The molecule has 1 heterocycles. The summed E-state index contributed by atoms with van der Waals surface area (Å²) in [5, 5.41) is 21.9. The van der Waals surface area contributed by atoms with Gasteiger partial charge in [0.2, 0.25) is 5.91 Å². The maximum absolute atomic E-state index is 13.4. The Balaban J connectivity index is 1.52. The minimum absolute atomic E-state index is 0.00130. The lowest BCUT2D eigenvalue weighted by Gasteiger charge is -2.10. The predicted octanol–water partition coefficient (Wildman–Crippen LogP) is 4.03. The van der Waals surface area contributed by atoms with E-state index in [1.165, 1.54) is 30.3 Å². The standard InChI is InChI=1S/C23H16FN5O4S/c24-17-11-9-15(10-12-17)21-26-27-23(28(21)18-6-2-1-3-7-18)34-14-20(30)25-22(31)16-5-4-8-19(13-16)29(32)33/h1-13H,14H2,(H,25,30,31). The van der Waals surface area contributed by atoms with Crippen LogP contribution in [0.4, 0.5) is 10.1 Å². The predicted molar refractivity (Wildman–Crippen MR) is 123 cm³/mol. The van der Waals surface area contributed by atoms with Gasteiger partial charge in [-0.05, 0) is 42.5 Å². The molecule has 34 heavy (non-hydrogen) atoms. The Morgan fingerprint density at radius 2 is 1.74 bits per heavy atom. The van der Waals surface area contributed by atoms with E-state index in [1.807, 2.05) is 30.3 Å². The zero-order valence-corrected chi connectivity index (χ0v) is 18.2. The van der Waals surface area contributed by atoms with Crippen LogP contribution in [0, 0.1) is 15.9 Å². The first kappa shape index (κ1) is 22.8. The fraction of sp³-hybridized carbons (Fsp3) is 0.0435. The van der Waals surface area contributed by atoms with Crippen molar-refractivity contribution in [3.05, 3.63) is 100 Å². The van der Waals surface area contributed by atoms with Gasteiger partial charge in [0.1, 0.15) is 5.82 Å². The number of carbonyl (C=O) groups is 2. The number of imide groups is 1. The van der Waals surface area contributed by atoms with Gasteiger partial charge >= 0.3 is 0 Å². The van der Waals surface area contributed by atoms with Crippen LogP contribution in [0.2, 0.25) is 0 Å². The number of benzene rings is 3. The topological polar surface area (TPSA) is 120 Å². The molecule has 11 heteroatoms. The van der Waals surface area contributed by atoms with Crippen molar-refractivity contribution in [1.29, 1.82) is 0 Å². The summed E-state index contributed by atoms with van der Waals surface area (Å²) in [6.45, 7) is 0. The first-order valence-electron chi connectivity index (χ1n) is 9.90. The molecule has 0 unspecified atom stereocenters. The lowest BCUT2D eigenvalue weighted by atomic mass is 10.2. The van der Waals surface area contributed by atoms with Crippen molar-refractivity contribution in [3.8, 4) is 17.1 Å². The van der Waals surface area contributed by atoms with Gasteiger partial charge in [0.25, 0.3) is 11.6 Å². The Morgan fingerprint density at radius 1 is 1.00 bits per heavy atom. The third-order valence-corrected chi connectivity index (χ3v) is 5.58. The molecular weight excluding hydrogens is 461 g/mol. The molecule has 4 aromatic rings. The molecule has 0 aliphatic carbocycles. The molecule has 0 bridgehead atoms. The van der Waals surface area contributed by atoms with Gasteiger partial charge in [-0.2, -0.15) is 0 Å². The highest BCUT2D eigenvalue weighted by Gasteiger charge is 2.19. The molecule has 0 saturated carbocycles. The monoisotopic (exact) mass is 477 g/mol. The SMILES string of the molecule is O=C(CSc1nnc(-c2ccc(F)cc2)n1-c1ccccc1)NC(=O)c1cccc([N+](=O)[O-])c1. The number of aromatic nitrogens is 3. The van der Waals surface area contributed by atoms with Crippen LogP contribution in [0.5, 0.6) is 0 Å². The maximum Gasteiger partial charge on any atom is 0.270 e. The van der Waals surface area contributed by atoms with Crippen molar-refractivity contribution < 1.29 is 18.9 Å². The summed E-state index contributed by atoms with van der Waals surface area (Å²) < 4.78 is 15.1. The van der Waals surface area contributed by atoms with E-state index in [9.17, 15) is 24.1 Å². The number of carbonyl (C=O) groups excluding carboxylic acids is 2. The number of hydrogen-bond acceptors (Lipinski definition) is 7. The molecule has 9 nitrogen and oxygen atoms in total. The van der Waals surface area contributed by atoms with E-state index in [0.717, 1.165) is 23.5 Å². The van der Waals surface area contributed by atoms with Crippen molar-refractivity contribution >= 4 is 29.3 Å². The second kappa shape index (κ2) is 10.0. The number of nitro benzene ring substituents is 1. The minimum atomic E-state index is -0.745. The molecule has 0 atom stereocenters. The Labute approximate surface area is 196 Å². The van der Waals surface area contributed by atoms with E-state index in [1.54, 1.807) is 16.7 Å². The highest BCUT2D eigenvalue weighted by Crippen LogP contribution is 2.28. The van der Waals surface area contributed by atoms with Gasteiger partial charge in [0.05, 0.1) is 10.7 Å². The Hall–Kier alpha value is -4.38. The lowest BCUT2D eigenvalue weighted by molar-refractivity contribution is -0.384. The summed E-state index contributed by atoms with van der Waals surface area (Å²) in [6.07, 6.45) is 0. The fourth-order valence-electron chi connectivity index (χ4n) is 3.08. The molecule has 2 amide bonds. The number of para-hydroxylation sites is 1. The first-order chi connectivity index (χ1) is 16.4. The number of non-ortho nitro benzene ring substituents is 1. The molecule has 3 aromatic carbocycles. The number of halogens is 1. The summed E-state index contributed by atoms with van der Waals surface area (Å²) in [5.41, 5.74) is 1.12. The van der Waals surface area contributed by atoms with Gasteiger partial charge in [0.15, 0.2) is 11.0 Å². The largest absolute Gasteiger partial charge is 0.292 e. The number of amides is 2. The van der Waals surface area contributed by atoms with Crippen molar-refractivity contribution in [1.82, 2.24) is 20.1 Å². The zero-order valence-electron chi connectivity index (χ0n) is 17.4. The van der Waals surface area contributed by atoms with Gasteiger partial charge in [-0.3, -0.25) is 29.6 Å². The second-order valence-corrected chi connectivity index (χ2v) is 7.90. The molecule has 0 aliphatic rings. The fourth-order valence-corrected chi connectivity index (χ4v) is 3.84. The summed E-state index contributed by atoms with van der Waals surface area (Å²) in [7, 11) is 0. The summed E-state index contributed by atoms with van der Waals surface area (Å²) in [4.78, 5) is 35.0. The van der Waals surface area contributed by atoms with Crippen molar-refractivity contribution in [2.24, 2.45) is 0 Å². The van der Waals surface area contributed by atoms with Gasteiger partial charge in [0, 0.05) is 28.9 Å². The summed E-state index contributed by atoms with van der Waals surface area (Å²) in [6, 6.07) is 20.1. The second-order valence-electron chi connectivity index (χ2n) is 6.96. The van der Waals surface area contributed by atoms with E-state index in [4.69, 9.17) is 0 Å². The number of rotatable bonds is 7. The van der Waals surface area contributed by atoms with Gasteiger partial charge in [-0.15, -0.1) is 10.2 Å². The molecule has 0 saturated heterocycles. The highest BCUT2D eigenvalue weighted by atomic mass is 32.2. The van der Waals surface area contributed by atoms with Crippen LogP contribution in [0.3, 0.4) is 0 Å². The van der Waals surface area contributed by atoms with E-state index in [2.05, 4.69) is 15.5 Å². The average molecular weight is 477 g/mol. The first-order valence-corrected chi connectivity index (χ1v) is 10.9. The Morgan fingerprint density at radius 3 is 2.44 bits per heavy atom. The highest BCUT2D eigenvalue weighted by molar-refractivity contribution is 7.99. The average Bonchev–Trinajstić information content (AvgIpc) is 3.27. The summed E-state index contributed by atoms with van der Waals surface area (Å²) >= 11 is 1.06. The Bertz CT molecular complexity index is 1360. The van der Waals surface area contributed by atoms with Gasteiger partial charge in [-0.25, -0.2) is 4.39 Å². The zero-order chi connectivity index (χ0) is 24.1. The van der Waals surface area contributed by atoms with Crippen LogP contribution < -0.4 is 5.32 Å². The number of nitro groups is 1. The van der Waals surface area contributed by atoms with E-state index >= 15 is 0 Å². The van der Waals surface area contributed by atoms with Crippen LogP contribution in [-0.4, -0.2) is 37.3 Å². The van der Waals surface area contributed by atoms with Crippen LogP contribution in [0.15, 0.2) is 84.0 Å². The molecule has 1 aromatic heterocycles. The molecule has 0 aliphatic heterocycles. The quantitative estimate of drug-likeness (QED) is 0.242. The third-order valence-electron chi connectivity index (χ3n) is 4.65. The number of hydrogen-bond donors (Lipinski definition) is 1. The lowest BCUT2D eigenvalue weighted by Crippen LogP contribution is -2.31. The number of thioether (sulfide) groups is 1. The van der Waals surface area contributed by atoms with Crippen LogP contribution in [0.25, 0.3) is 17.1 Å². The van der Waals surface area contributed by atoms with Crippen LogP contribution >= 0.6 is 11.8 Å². The van der Waals surface area contributed by atoms with E-state index in [0.29, 0.717) is 16.5 Å². The molecule has 4 rings (SSSR count). The minimum Gasteiger partial charge on any atom is -0.292 e. The maximum atomic E-state index is 13.4. The molecule has 0 radical (unpaired) electrons. The van der Waals surface area contributed by atoms with Gasteiger partial charge < -0.3 is 0 Å². The molecular formula is C23H16FN5O4S. The summed E-state index contributed by atoms with van der Waals surface area (Å²) in [5.74, 6) is -1.43.